The molecule has 0 aliphatic rings. The van der Waals surface area contributed by atoms with Crippen molar-refractivity contribution in [3.8, 4) is 85.0 Å². The molecule has 0 aliphatic carbocycles. The minimum Gasteiger partial charge on any atom is -0.309 e. The van der Waals surface area contributed by atoms with Crippen LogP contribution in [0.25, 0.3) is 151 Å². The van der Waals surface area contributed by atoms with Gasteiger partial charge < -0.3 is 9.13 Å². The summed E-state index contributed by atoms with van der Waals surface area (Å²) in [5, 5.41) is 5.60. The topological polar surface area (TPSA) is 79.2 Å². The van der Waals surface area contributed by atoms with Crippen molar-refractivity contribution in [3.05, 3.63) is 279 Å². The highest BCUT2D eigenvalue weighted by molar-refractivity contribution is 6.15. The first-order chi connectivity index (χ1) is 40.2. The number of aromatic nitrogens is 8. The van der Waals surface area contributed by atoms with E-state index in [1.54, 1.807) is 0 Å². The summed E-state index contributed by atoms with van der Waals surface area (Å²) in [6.45, 7) is 0. The molecule has 5 heterocycles. The number of benzene rings is 11. The van der Waals surface area contributed by atoms with E-state index < -0.39 is 0 Å². The Morgan fingerprint density at radius 3 is 1.23 bits per heavy atom. The summed E-state index contributed by atoms with van der Waals surface area (Å²) in [5.74, 6) is 2.41. The van der Waals surface area contributed by atoms with Crippen molar-refractivity contribution < 1.29 is 0 Å². The molecule has 11 aromatic carbocycles. The minimum absolute atomic E-state index is 0.541. The minimum atomic E-state index is 0.541. The van der Waals surface area contributed by atoms with Crippen LogP contribution in [0.4, 0.5) is 0 Å². The highest BCUT2D eigenvalue weighted by atomic mass is 15.2. The molecule has 0 saturated carbocycles. The molecule has 0 atom stereocenters. The van der Waals surface area contributed by atoms with Crippen molar-refractivity contribution in [2.45, 2.75) is 0 Å². The Hall–Kier alpha value is -11.1. The average Bonchev–Trinajstić information content (AvgIpc) is 4.40. The van der Waals surface area contributed by atoms with Crippen LogP contribution in [0.5, 0.6) is 0 Å². The molecule has 0 spiro atoms. The van der Waals surface area contributed by atoms with Crippen LogP contribution >= 0.6 is 0 Å². The molecule has 0 aliphatic heterocycles. The molecule has 0 N–H and O–H groups in total. The zero-order chi connectivity index (χ0) is 53.4. The van der Waals surface area contributed by atoms with Gasteiger partial charge in [-0.3, -0.25) is 4.57 Å². The van der Waals surface area contributed by atoms with E-state index in [9.17, 15) is 0 Å². The van der Waals surface area contributed by atoms with E-state index in [1.165, 1.54) is 21.8 Å². The summed E-state index contributed by atoms with van der Waals surface area (Å²) < 4.78 is 6.90. The van der Waals surface area contributed by atoms with Crippen LogP contribution in [0, 0.1) is 0 Å². The number of nitrogens with zero attached hydrogens (tertiary/aromatic N) is 8. The molecule has 16 aromatic rings. The van der Waals surface area contributed by atoms with Crippen molar-refractivity contribution in [1.29, 1.82) is 0 Å². The van der Waals surface area contributed by atoms with Crippen LogP contribution in [0.1, 0.15) is 0 Å². The number of fused-ring (bicyclic) bond motifs is 9. The fourth-order valence-corrected chi connectivity index (χ4v) is 12.0. The highest BCUT2D eigenvalue weighted by Gasteiger charge is 2.24. The maximum Gasteiger partial charge on any atom is 0.238 e. The molecular weight excluding hydrogens is 989 g/mol. The highest BCUT2D eigenvalue weighted by Crippen LogP contribution is 2.43. The third-order valence-electron chi connectivity index (χ3n) is 15.7. The van der Waals surface area contributed by atoms with Crippen LogP contribution < -0.4 is 0 Å². The molecule has 0 unspecified atom stereocenters. The Labute approximate surface area is 465 Å². The second kappa shape index (κ2) is 18.8. The lowest BCUT2D eigenvalue weighted by Gasteiger charge is -2.13. The van der Waals surface area contributed by atoms with Gasteiger partial charge in [-0.15, -0.1) is 0 Å². The maximum atomic E-state index is 5.55. The average molecular weight is 1040 g/mol. The van der Waals surface area contributed by atoms with Crippen molar-refractivity contribution >= 4 is 65.5 Å². The number of para-hydroxylation sites is 3. The van der Waals surface area contributed by atoms with Gasteiger partial charge in [0.25, 0.3) is 0 Å². The summed E-state index contributed by atoms with van der Waals surface area (Å²) in [6, 6.07) is 98.2. The normalized spacial score (nSPS) is 11.7. The Morgan fingerprint density at radius 1 is 0.222 bits per heavy atom. The molecule has 0 radical (unpaired) electrons. The van der Waals surface area contributed by atoms with Gasteiger partial charge in [0.2, 0.25) is 5.95 Å². The molecule has 81 heavy (non-hydrogen) atoms. The largest absolute Gasteiger partial charge is 0.309 e. The standard InChI is InChI=1S/C73H46N8/c1-6-21-47(22-7-1)67-69-68(75-70(74-67)48-23-8-2-9-24-48)61-45-54(52-30-20-29-51(43-52)53-37-40-64-59(44-53)57-33-16-18-35-62(57)79(64)55-31-14-5-15-32-55)38-41-66(61)80(69)56-39-42-65-60(46-56)58-34-17-19-36-63(58)81(65)73-77-71(49-25-10-3-11-26-49)76-72(78-73)50-27-12-4-13-28-50/h1-46H. The van der Waals surface area contributed by atoms with Crippen LogP contribution in [0.2, 0.25) is 0 Å². The van der Waals surface area contributed by atoms with Gasteiger partial charge in [-0.05, 0) is 95.1 Å². The second-order valence-corrected chi connectivity index (χ2v) is 20.5. The molecule has 5 aromatic heterocycles. The molecule has 378 valence electrons. The van der Waals surface area contributed by atoms with Crippen LogP contribution in [-0.2, 0) is 0 Å². The van der Waals surface area contributed by atoms with E-state index in [0.717, 1.165) is 105 Å². The molecule has 8 nitrogen and oxygen atoms in total. The van der Waals surface area contributed by atoms with Gasteiger partial charge >= 0.3 is 0 Å². The quantitative estimate of drug-likeness (QED) is 0.144. The van der Waals surface area contributed by atoms with Gasteiger partial charge in [-0.25, -0.2) is 15.0 Å². The zero-order valence-electron chi connectivity index (χ0n) is 43.6. The van der Waals surface area contributed by atoms with E-state index in [0.29, 0.717) is 23.4 Å². The van der Waals surface area contributed by atoms with Crippen molar-refractivity contribution in [2.24, 2.45) is 0 Å². The summed E-state index contributed by atoms with van der Waals surface area (Å²) in [7, 11) is 0. The van der Waals surface area contributed by atoms with Gasteiger partial charge in [-0.2, -0.15) is 9.97 Å². The van der Waals surface area contributed by atoms with Crippen LogP contribution in [0.15, 0.2) is 279 Å². The molecule has 0 amide bonds. The first-order valence-electron chi connectivity index (χ1n) is 27.2. The zero-order valence-corrected chi connectivity index (χ0v) is 43.6. The van der Waals surface area contributed by atoms with Gasteiger partial charge in [0, 0.05) is 60.6 Å². The Morgan fingerprint density at radius 2 is 0.642 bits per heavy atom. The SMILES string of the molecule is c1ccc(-c2nc(-c3ccccc3)nc(-n3c4ccccc4c4cc(-n5c6ccc(-c7cccc(-c8ccc9c(c8)c8ccccc8n9-c8ccccc8)c7)cc6c6nc(-c7ccccc7)nc(-c7ccccc7)c65)ccc43)n2)cc1. The summed E-state index contributed by atoms with van der Waals surface area (Å²) in [5.41, 5.74) is 18.4. The summed E-state index contributed by atoms with van der Waals surface area (Å²) in [6.07, 6.45) is 0. The second-order valence-electron chi connectivity index (χ2n) is 20.5. The van der Waals surface area contributed by atoms with Gasteiger partial charge in [0.1, 0.15) is 5.52 Å². The lowest BCUT2D eigenvalue weighted by molar-refractivity contribution is 0.953. The molecule has 0 bridgehead atoms. The summed E-state index contributed by atoms with van der Waals surface area (Å²) >= 11 is 0. The van der Waals surface area contributed by atoms with Gasteiger partial charge in [-0.1, -0.05) is 206 Å². The number of rotatable bonds is 9. The predicted octanol–water partition coefficient (Wildman–Crippen LogP) is 18.0. The predicted molar refractivity (Wildman–Crippen MR) is 331 cm³/mol. The molecule has 8 heteroatoms. The van der Waals surface area contributed by atoms with E-state index in [2.05, 4.69) is 214 Å². The summed E-state index contributed by atoms with van der Waals surface area (Å²) in [4.78, 5) is 26.5. The Balaban J connectivity index is 0.898. The van der Waals surface area contributed by atoms with E-state index >= 15 is 0 Å². The maximum absolute atomic E-state index is 5.55. The van der Waals surface area contributed by atoms with Crippen LogP contribution in [-0.4, -0.2) is 38.6 Å². The van der Waals surface area contributed by atoms with Gasteiger partial charge in [0.05, 0.1) is 38.8 Å². The lowest BCUT2D eigenvalue weighted by Crippen LogP contribution is -2.06. The van der Waals surface area contributed by atoms with E-state index in [-0.39, 0.29) is 0 Å². The molecule has 0 fully saturated rings. The van der Waals surface area contributed by atoms with E-state index in [1.807, 2.05) is 78.9 Å². The fraction of sp³-hybridized carbons (Fsp3) is 0. The number of hydrogen-bond acceptors (Lipinski definition) is 5. The third-order valence-corrected chi connectivity index (χ3v) is 15.7. The molecular formula is C73H46N8. The number of hydrogen-bond donors (Lipinski definition) is 0. The monoisotopic (exact) mass is 1030 g/mol. The van der Waals surface area contributed by atoms with Gasteiger partial charge in [0.15, 0.2) is 17.5 Å². The Kier molecular flexibility index (Phi) is 10.7. The smallest absolute Gasteiger partial charge is 0.238 e. The fourth-order valence-electron chi connectivity index (χ4n) is 12.0. The van der Waals surface area contributed by atoms with E-state index in [4.69, 9.17) is 24.9 Å². The molecule has 0 saturated heterocycles. The molecule has 16 rings (SSSR count). The first-order valence-corrected chi connectivity index (χ1v) is 27.2. The Bertz CT molecular complexity index is 5030. The first kappa shape index (κ1) is 46.0. The van der Waals surface area contributed by atoms with Crippen LogP contribution in [0.3, 0.4) is 0 Å². The van der Waals surface area contributed by atoms with Crippen molar-refractivity contribution in [1.82, 2.24) is 38.6 Å². The third kappa shape index (κ3) is 7.72. The lowest BCUT2D eigenvalue weighted by atomic mass is 9.97. The van der Waals surface area contributed by atoms with Crippen molar-refractivity contribution in [3.63, 3.8) is 0 Å². The van der Waals surface area contributed by atoms with Crippen molar-refractivity contribution in [2.75, 3.05) is 0 Å².